The summed E-state index contributed by atoms with van der Waals surface area (Å²) < 4.78 is 28.4. The average Bonchev–Trinajstić information content (AvgIpc) is 2.73. The molecule has 0 nitrogen and oxygen atoms in total. The minimum atomic E-state index is -0.283. The Labute approximate surface area is 168 Å². The Morgan fingerprint density at radius 2 is 1.61 bits per heavy atom. The summed E-state index contributed by atoms with van der Waals surface area (Å²) in [6, 6.07) is 10.2. The molecule has 1 fully saturated rings. The van der Waals surface area contributed by atoms with Gasteiger partial charge in [-0.15, -0.1) is 0 Å². The molecule has 0 aliphatic heterocycles. The highest BCUT2D eigenvalue weighted by Gasteiger charge is 2.31. The average molecular weight is 383 g/mol. The number of hydrogen-bond acceptors (Lipinski definition) is 0. The molecule has 0 amide bonds. The van der Waals surface area contributed by atoms with Gasteiger partial charge in [-0.05, 0) is 78.7 Å². The predicted molar refractivity (Wildman–Crippen MR) is 112 cm³/mol. The van der Waals surface area contributed by atoms with Crippen molar-refractivity contribution in [3.8, 4) is 11.1 Å². The SMILES string of the molecule is CCCCC1CCC(C2CCc3c(ccc(-c4ccc(F)cc4)c3F)C2)CC1. The zero-order valence-corrected chi connectivity index (χ0v) is 17.0. The van der Waals surface area contributed by atoms with E-state index in [0.29, 0.717) is 5.56 Å². The van der Waals surface area contributed by atoms with E-state index < -0.39 is 0 Å². The van der Waals surface area contributed by atoms with Crippen molar-refractivity contribution in [3.63, 3.8) is 0 Å². The first-order valence-corrected chi connectivity index (χ1v) is 11.2. The Morgan fingerprint density at radius 3 is 2.32 bits per heavy atom. The highest BCUT2D eigenvalue weighted by atomic mass is 19.1. The van der Waals surface area contributed by atoms with Gasteiger partial charge in [0.05, 0.1) is 0 Å². The predicted octanol–water partition coefficient (Wildman–Crippen LogP) is 7.73. The summed E-state index contributed by atoms with van der Waals surface area (Å²) in [6.07, 6.45) is 12.6. The van der Waals surface area contributed by atoms with Crippen LogP contribution in [0.2, 0.25) is 0 Å². The van der Waals surface area contributed by atoms with E-state index in [1.165, 1.54) is 62.6 Å². The molecule has 2 aromatic rings. The lowest BCUT2D eigenvalue weighted by Gasteiger charge is -2.36. The first-order chi connectivity index (χ1) is 13.7. The summed E-state index contributed by atoms with van der Waals surface area (Å²) in [5.74, 6) is 2.12. The van der Waals surface area contributed by atoms with Gasteiger partial charge in [0, 0.05) is 5.56 Å². The maximum atomic E-state index is 15.2. The largest absolute Gasteiger partial charge is 0.207 e. The Balaban J connectivity index is 1.44. The molecule has 2 aliphatic carbocycles. The van der Waals surface area contributed by atoms with Crippen LogP contribution < -0.4 is 0 Å². The molecule has 1 saturated carbocycles. The number of unbranched alkanes of at least 4 members (excludes halogenated alkanes) is 1. The van der Waals surface area contributed by atoms with Crippen molar-refractivity contribution in [2.75, 3.05) is 0 Å². The minimum absolute atomic E-state index is 0.0918. The van der Waals surface area contributed by atoms with E-state index in [2.05, 4.69) is 13.0 Å². The minimum Gasteiger partial charge on any atom is -0.207 e. The molecular weight excluding hydrogens is 350 g/mol. The fourth-order valence-electron chi connectivity index (χ4n) is 5.53. The smallest absolute Gasteiger partial charge is 0.134 e. The summed E-state index contributed by atoms with van der Waals surface area (Å²) in [7, 11) is 0. The third-order valence-corrected chi connectivity index (χ3v) is 7.27. The summed E-state index contributed by atoms with van der Waals surface area (Å²) in [5.41, 5.74) is 3.46. The van der Waals surface area contributed by atoms with Crippen molar-refractivity contribution in [2.45, 2.75) is 71.1 Å². The van der Waals surface area contributed by atoms with Crippen molar-refractivity contribution in [1.29, 1.82) is 0 Å². The topological polar surface area (TPSA) is 0 Å². The third-order valence-electron chi connectivity index (χ3n) is 7.27. The fourth-order valence-corrected chi connectivity index (χ4v) is 5.53. The van der Waals surface area contributed by atoms with Crippen LogP contribution in [-0.2, 0) is 12.8 Å². The number of fused-ring (bicyclic) bond motifs is 1. The van der Waals surface area contributed by atoms with Crippen molar-refractivity contribution in [2.24, 2.45) is 17.8 Å². The molecule has 28 heavy (non-hydrogen) atoms. The molecule has 2 aliphatic rings. The van der Waals surface area contributed by atoms with Gasteiger partial charge in [-0.2, -0.15) is 0 Å². The normalized spacial score (nSPS) is 24.8. The molecule has 0 bridgehead atoms. The van der Waals surface area contributed by atoms with E-state index in [9.17, 15) is 4.39 Å². The molecule has 0 radical (unpaired) electrons. The molecule has 0 heterocycles. The monoisotopic (exact) mass is 382 g/mol. The Morgan fingerprint density at radius 1 is 0.857 bits per heavy atom. The van der Waals surface area contributed by atoms with Crippen molar-refractivity contribution < 1.29 is 8.78 Å². The maximum Gasteiger partial charge on any atom is 0.134 e. The lowest BCUT2D eigenvalue weighted by Crippen LogP contribution is -2.27. The second-order valence-electron chi connectivity index (χ2n) is 9.00. The van der Waals surface area contributed by atoms with Crippen LogP contribution in [0.5, 0.6) is 0 Å². The molecule has 0 saturated heterocycles. The van der Waals surface area contributed by atoms with Gasteiger partial charge in [-0.25, -0.2) is 8.78 Å². The van der Waals surface area contributed by atoms with Gasteiger partial charge in [-0.3, -0.25) is 0 Å². The molecule has 2 heteroatoms. The lowest BCUT2D eigenvalue weighted by molar-refractivity contribution is 0.182. The lowest BCUT2D eigenvalue weighted by atomic mass is 9.69. The zero-order valence-electron chi connectivity index (χ0n) is 17.0. The summed E-state index contributed by atoms with van der Waals surface area (Å²) in [4.78, 5) is 0. The molecule has 0 aromatic heterocycles. The Hall–Kier alpha value is -1.70. The number of halogens is 2. The zero-order chi connectivity index (χ0) is 19.5. The molecule has 1 unspecified atom stereocenters. The van der Waals surface area contributed by atoms with Crippen molar-refractivity contribution in [1.82, 2.24) is 0 Å². The molecule has 2 aromatic carbocycles. The van der Waals surface area contributed by atoms with E-state index in [-0.39, 0.29) is 11.6 Å². The number of rotatable bonds is 5. The fraction of sp³-hybridized carbons (Fsp3) is 0.538. The van der Waals surface area contributed by atoms with Gasteiger partial charge in [0.15, 0.2) is 0 Å². The molecule has 4 rings (SSSR count). The van der Waals surface area contributed by atoms with E-state index in [1.807, 2.05) is 6.07 Å². The first-order valence-electron chi connectivity index (χ1n) is 11.2. The number of benzene rings is 2. The van der Waals surface area contributed by atoms with Gasteiger partial charge in [0.1, 0.15) is 11.6 Å². The summed E-state index contributed by atoms with van der Waals surface area (Å²) >= 11 is 0. The van der Waals surface area contributed by atoms with Gasteiger partial charge >= 0.3 is 0 Å². The first kappa shape index (κ1) is 19.6. The molecule has 1 atom stereocenters. The van der Waals surface area contributed by atoms with Crippen LogP contribution in [0, 0.1) is 29.4 Å². The molecule has 0 N–H and O–H groups in total. The van der Waals surface area contributed by atoms with Crippen LogP contribution in [0.1, 0.15) is 69.4 Å². The van der Waals surface area contributed by atoms with Crippen LogP contribution in [0.25, 0.3) is 11.1 Å². The Bertz CT molecular complexity index is 785. The maximum absolute atomic E-state index is 15.2. The van der Waals surface area contributed by atoms with Crippen molar-refractivity contribution >= 4 is 0 Å². The molecule has 150 valence electrons. The second-order valence-corrected chi connectivity index (χ2v) is 9.00. The van der Waals surface area contributed by atoms with Crippen molar-refractivity contribution in [3.05, 3.63) is 59.2 Å². The van der Waals surface area contributed by atoms with Crippen LogP contribution in [-0.4, -0.2) is 0 Å². The van der Waals surface area contributed by atoms with Gasteiger partial charge in [0.2, 0.25) is 0 Å². The quantitative estimate of drug-likeness (QED) is 0.496. The van der Waals surface area contributed by atoms with E-state index in [4.69, 9.17) is 0 Å². The van der Waals surface area contributed by atoms with E-state index in [1.54, 1.807) is 12.1 Å². The standard InChI is InChI=1S/C26H32F2/c1-2-3-4-18-5-7-19(8-6-18)21-11-15-25-22(17-21)12-16-24(26(25)28)20-9-13-23(27)14-10-20/h9-10,12-14,16,18-19,21H,2-8,11,15,17H2,1H3. The second kappa shape index (κ2) is 8.76. The van der Waals surface area contributed by atoms with Gasteiger partial charge < -0.3 is 0 Å². The summed E-state index contributed by atoms with van der Waals surface area (Å²) in [6.45, 7) is 2.28. The molecule has 0 spiro atoms. The molecular formula is C26H32F2. The van der Waals surface area contributed by atoms with Gasteiger partial charge in [-0.1, -0.05) is 63.3 Å². The Kier molecular flexibility index (Phi) is 6.13. The highest BCUT2D eigenvalue weighted by molar-refractivity contribution is 5.66. The number of hydrogen-bond donors (Lipinski definition) is 0. The van der Waals surface area contributed by atoms with Crippen LogP contribution in [0.4, 0.5) is 8.78 Å². The summed E-state index contributed by atoms with van der Waals surface area (Å²) in [5, 5.41) is 0. The van der Waals surface area contributed by atoms with Gasteiger partial charge in [0.25, 0.3) is 0 Å². The van der Waals surface area contributed by atoms with Crippen LogP contribution in [0.3, 0.4) is 0 Å². The van der Waals surface area contributed by atoms with E-state index in [0.717, 1.165) is 48.1 Å². The highest BCUT2D eigenvalue weighted by Crippen LogP contribution is 2.42. The van der Waals surface area contributed by atoms with E-state index >= 15 is 4.39 Å². The van der Waals surface area contributed by atoms with Crippen LogP contribution >= 0.6 is 0 Å². The van der Waals surface area contributed by atoms with Crippen LogP contribution in [0.15, 0.2) is 36.4 Å². The third kappa shape index (κ3) is 4.16.